The van der Waals surface area contributed by atoms with E-state index in [0.717, 1.165) is 19.4 Å². The topological polar surface area (TPSA) is 40.5 Å². The van der Waals surface area contributed by atoms with Gasteiger partial charge >= 0.3 is 5.97 Å². The lowest BCUT2D eigenvalue weighted by Crippen LogP contribution is -2.31. The van der Waals surface area contributed by atoms with Crippen molar-refractivity contribution in [2.45, 2.75) is 46.2 Å². The van der Waals surface area contributed by atoms with Crippen LogP contribution in [0.1, 0.15) is 35.1 Å². The van der Waals surface area contributed by atoms with Crippen LogP contribution in [0.15, 0.2) is 12.1 Å². The van der Waals surface area contributed by atoms with E-state index in [1.165, 1.54) is 22.3 Å². The molecule has 1 aliphatic rings. The SMILES string of the molecule is Cc1cc(C)c(CN(CC(=O)O)C2CC2)cc1C. The minimum atomic E-state index is -0.733. The zero-order valence-electron chi connectivity index (χ0n) is 11.4. The fourth-order valence-electron chi connectivity index (χ4n) is 2.34. The van der Waals surface area contributed by atoms with Crippen molar-refractivity contribution in [1.29, 1.82) is 0 Å². The molecule has 1 aliphatic carbocycles. The van der Waals surface area contributed by atoms with Gasteiger partial charge in [-0.05, 0) is 55.9 Å². The van der Waals surface area contributed by atoms with E-state index < -0.39 is 5.97 Å². The Labute approximate surface area is 108 Å². The highest BCUT2D eigenvalue weighted by Gasteiger charge is 2.30. The molecular formula is C15H21NO2. The largest absolute Gasteiger partial charge is 0.480 e. The summed E-state index contributed by atoms with van der Waals surface area (Å²) in [6, 6.07) is 4.86. The first-order valence-electron chi connectivity index (χ1n) is 6.50. The summed E-state index contributed by atoms with van der Waals surface area (Å²) in [5.74, 6) is -0.733. The molecule has 0 saturated heterocycles. The lowest BCUT2D eigenvalue weighted by atomic mass is 10.0. The maximum absolute atomic E-state index is 10.9. The Bertz CT molecular complexity index is 464. The van der Waals surface area contributed by atoms with Crippen molar-refractivity contribution >= 4 is 5.97 Å². The summed E-state index contributed by atoms with van der Waals surface area (Å²) in [6.45, 7) is 7.23. The molecule has 1 aromatic carbocycles. The van der Waals surface area contributed by atoms with Crippen LogP contribution in [-0.2, 0) is 11.3 Å². The Morgan fingerprint density at radius 2 is 1.83 bits per heavy atom. The van der Waals surface area contributed by atoms with Gasteiger partial charge in [0.15, 0.2) is 0 Å². The summed E-state index contributed by atoms with van der Waals surface area (Å²) in [5, 5.41) is 8.96. The highest BCUT2D eigenvalue weighted by Crippen LogP contribution is 2.29. The fraction of sp³-hybridized carbons (Fsp3) is 0.533. The molecule has 18 heavy (non-hydrogen) atoms. The van der Waals surface area contributed by atoms with E-state index in [1.54, 1.807) is 0 Å². The number of hydrogen-bond donors (Lipinski definition) is 1. The van der Waals surface area contributed by atoms with Crippen molar-refractivity contribution in [2.75, 3.05) is 6.54 Å². The van der Waals surface area contributed by atoms with Crippen molar-refractivity contribution < 1.29 is 9.90 Å². The first kappa shape index (κ1) is 13.1. The van der Waals surface area contributed by atoms with Gasteiger partial charge in [-0.2, -0.15) is 0 Å². The first-order valence-corrected chi connectivity index (χ1v) is 6.50. The minimum absolute atomic E-state index is 0.150. The van der Waals surface area contributed by atoms with Gasteiger partial charge in [0.05, 0.1) is 6.54 Å². The molecule has 0 atom stereocenters. The Hall–Kier alpha value is -1.35. The number of carboxylic acid groups (broad SMARTS) is 1. The molecule has 1 saturated carbocycles. The molecule has 0 bridgehead atoms. The van der Waals surface area contributed by atoms with Crippen LogP contribution in [0, 0.1) is 20.8 Å². The molecule has 0 aromatic heterocycles. The van der Waals surface area contributed by atoms with Gasteiger partial charge in [0.2, 0.25) is 0 Å². The summed E-state index contributed by atoms with van der Waals surface area (Å²) in [6.07, 6.45) is 2.27. The van der Waals surface area contributed by atoms with Gasteiger partial charge in [-0.25, -0.2) is 0 Å². The average molecular weight is 247 g/mol. The van der Waals surface area contributed by atoms with Crippen molar-refractivity contribution in [3.05, 3.63) is 34.4 Å². The van der Waals surface area contributed by atoms with Gasteiger partial charge in [0, 0.05) is 12.6 Å². The van der Waals surface area contributed by atoms with Crippen LogP contribution in [-0.4, -0.2) is 28.6 Å². The number of rotatable bonds is 5. The van der Waals surface area contributed by atoms with E-state index in [0.29, 0.717) is 6.04 Å². The highest BCUT2D eigenvalue weighted by atomic mass is 16.4. The van der Waals surface area contributed by atoms with Gasteiger partial charge in [0.1, 0.15) is 0 Å². The normalized spacial score (nSPS) is 15.1. The van der Waals surface area contributed by atoms with Crippen LogP contribution in [0.2, 0.25) is 0 Å². The van der Waals surface area contributed by atoms with Gasteiger partial charge in [-0.15, -0.1) is 0 Å². The van der Waals surface area contributed by atoms with E-state index in [-0.39, 0.29) is 6.54 Å². The molecular weight excluding hydrogens is 226 g/mol. The summed E-state index contributed by atoms with van der Waals surface area (Å²) < 4.78 is 0. The zero-order valence-corrected chi connectivity index (χ0v) is 11.4. The Morgan fingerprint density at radius 3 is 2.39 bits per heavy atom. The van der Waals surface area contributed by atoms with Crippen LogP contribution in [0.25, 0.3) is 0 Å². The molecule has 3 nitrogen and oxygen atoms in total. The summed E-state index contributed by atoms with van der Waals surface area (Å²) >= 11 is 0. The second-order valence-electron chi connectivity index (χ2n) is 5.39. The molecule has 98 valence electrons. The third-order valence-corrected chi connectivity index (χ3v) is 3.73. The Morgan fingerprint density at radius 1 is 1.22 bits per heavy atom. The van der Waals surface area contributed by atoms with E-state index >= 15 is 0 Å². The van der Waals surface area contributed by atoms with Gasteiger partial charge in [-0.3, -0.25) is 9.69 Å². The first-order chi connectivity index (χ1) is 8.47. The predicted molar refractivity (Wildman–Crippen MR) is 71.7 cm³/mol. The van der Waals surface area contributed by atoms with Crippen LogP contribution in [0.4, 0.5) is 0 Å². The lowest BCUT2D eigenvalue weighted by molar-refractivity contribution is -0.138. The van der Waals surface area contributed by atoms with Crippen molar-refractivity contribution in [3.8, 4) is 0 Å². The monoisotopic (exact) mass is 247 g/mol. The molecule has 0 radical (unpaired) electrons. The molecule has 1 N–H and O–H groups in total. The number of nitrogens with zero attached hydrogens (tertiary/aromatic N) is 1. The number of carbonyl (C=O) groups is 1. The van der Waals surface area contributed by atoms with Crippen molar-refractivity contribution in [1.82, 2.24) is 4.90 Å². The molecule has 0 heterocycles. The molecule has 1 aromatic rings. The summed E-state index contributed by atoms with van der Waals surface area (Å²) in [4.78, 5) is 13.0. The fourth-order valence-corrected chi connectivity index (χ4v) is 2.34. The highest BCUT2D eigenvalue weighted by molar-refractivity contribution is 5.69. The minimum Gasteiger partial charge on any atom is -0.480 e. The Kier molecular flexibility index (Phi) is 3.71. The number of aryl methyl sites for hydroxylation is 3. The van der Waals surface area contributed by atoms with Crippen LogP contribution < -0.4 is 0 Å². The summed E-state index contributed by atoms with van der Waals surface area (Å²) in [7, 11) is 0. The van der Waals surface area contributed by atoms with Gasteiger partial charge < -0.3 is 5.11 Å². The number of hydrogen-bond acceptors (Lipinski definition) is 2. The standard InChI is InChI=1S/C15H21NO2/c1-10-6-12(3)13(7-11(10)2)8-16(9-15(17)18)14-4-5-14/h6-7,14H,4-5,8-9H2,1-3H3,(H,17,18). The van der Waals surface area contributed by atoms with E-state index in [2.05, 4.69) is 37.8 Å². The smallest absolute Gasteiger partial charge is 0.317 e. The number of carboxylic acids is 1. The number of aliphatic carboxylic acids is 1. The maximum Gasteiger partial charge on any atom is 0.317 e. The molecule has 2 rings (SSSR count). The lowest BCUT2D eigenvalue weighted by Gasteiger charge is -2.21. The average Bonchev–Trinajstić information content (AvgIpc) is 3.07. The maximum atomic E-state index is 10.9. The van der Waals surface area contributed by atoms with Crippen LogP contribution >= 0.6 is 0 Å². The molecule has 0 amide bonds. The van der Waals surface area contributed by atoms with Crippen molar-refractivity contribution in [2.24, 2.45) is 0 Å². The quantitative estimate of drug-likeness (QED) is 0.869. The van der Waals surface area contributed by atoms with Crippen LogP contribution in [0.5, 0.6) is 0 Å². The van der Waals surface area contributed by atoms with Crippen LogP contribution in [0.3, 0.4) is 0 Å². The third kappa shape index (κ3) is 3.10. The second-order valence-corrected chi connectivity index (χ2v) is 5.39. The molecule has 3 heteroatoms. The Balaban J connectivity index is 2.15. The molecule has 0 spiro atoms. The van der Waals surface area contributed by atoms with E-state index in [1.807, 2.05) is 0 Å². The molecule has 1 fully saturated rings. The van der Waals surface area contributed by atoms with Gasteiger partial charge in [0.25, 0.3) is 0 Å². The van der Waals surface area contributed by atoms with E-state index in [9.17, 15) is 4.79 Å². The number of benzene rings is 1. The predicted octanol–water partition coefficient (Wildman–Crippen LogP) is 2.66. The third-order valence-electron chi connectivity index (χ3n) is 3.73. The molecule has 0 unspecified atom stereocenters. The second kappa shape index (κ2) is 5.11. The summed E-state index contributed by atoms with van der Waals surface area (Å²) in [5.41, 5.74) is 5.09. The molecule has 0 aliphatic heterocycles. The van der Waals surface area contributed by atoms with E-state index in [4.69, 9.17) is 5.11 Å². The van der Waals surface area contributed by atoms with Gasteiger partial charge in [-0.1, -0.05) is 12.1 Å². The van der Waals surface area contributed by atoms with Crippen molar-refractivity contribution in [3.63, 3.8) is 0 Å². The zero-order chi connectivity index (χ0) is 13.3.